The lowest BCUT2D eigenvalue weighted by atomic mass is 10.1. The maximum Gasteiger partial charge on any atom is 0.435 e. The van der Waals surface area contributed by atoms with Crippen LogP contribution in [0, 0.1) is 0 Å². The number of amides is 2. The van der Waals surface area contributed by atoms with Gasteiger partial charge in [0.05, 0.1) is 11.9 Å². The molecule has 4 rings (SSSR count). The van der Waals surface area contributed by atoms with Crippen molar-refractivity contribution in [1.29, 1.82) is 0 Å². The van der Waals surface area contributed by atoms with Crippen molar-refractivity contribution in [3.63, 3.8) is 0 Å². The van der Waals surface area contributed by atoms with E-state index in [-0.39, 0.29) is 10.8 Å². The van der Waals surface area contributed by atoms with Gasteiger partial charge in [0.15, 0.2) is 10.8 Å². The Balaban J connectivity index is 1.45. The predicted octanol–water partition coefficient (Wildman–Crippen LogP) is 3.60. The summed E-state index contributed by atoms with van der Waals surface area (Å²) in [5.74, 6) is -0.285. The number of alkyl halides is 3. The summed E-state index contributed by atoms with van der Waals surface area (Å²) in [5.41, 5.74) is -0.916. The molecule has 0 aliphatic carbocycles. The highest BCUT2D eigenvalue weighted by Gasteiger charge is 2.40. The van der Waals surface area contributed by atoms with Crippen molar-refractivity contribution in [2.75, 3.05) is 54.4 Å². The molecular weight excluding hydrogens is 461 g/mol. The van der Waals surface area contributed by atoms with E-state index >= 15 is 0 Å². The predicted molar refractivity (Wildman–Crippen MR) is 117 cm³/mol. The number of anilines is 3. The number of pyridine rings is 1. The number of hydrogen-bond acceptors (Lipinski definition) is 7. The Morgan fingerprint density at radius 2 is 1.70 bits per heavy atom. The molecule has 0 saturated carbocycles. The molecule has 4 heterocycles. The molecule has 2 saturated heterocycles. The second kappa shape index (κ2) is 9.41. The second-order valence-corrected chi connectivity index (χ2v) is 8.81. The highest BCUT2D eigenvalue weighted by Crippen LogP contribution is 2.38. The average Bonchev–Trinajstić information content (AvgIpc) is 3.27. The van der Waals surface area contributed by atoms with Crippen LogP contribution in [0.2, 0.25) is 0 Å². The van der Waals surface area contributed by atoms with E-state index in [4.69, 9.17) is 5.11 Å². The van der Waals surface area contributed by atoms with E-state index in [9.17, 15) is 22.8 Å². The van der Waals surface area contributed by atoms with Crippen molar-refractivity contribution in [2.45, 2.75) is 25.4 Å². The van der Waals surface area contributed by atoms with E-state index in [0.29, 0.717) is 45.1 Å². The molecule has 2 fully saturated rings. The number of piperidine rings is 1. The Labute approximate surface area is 191 Å². The number of aromatic nitrogens is 2. The lowest BCUT2D eigenvalue weighted by Crippen LogP contribution is -2.48. The van der Waals surface area contributed by atoms with Gasteiger partial charge in [-0.3, -0.25) is 4.79 Å². The average molecular weight is 485 g/mol. The summed E-state index contributed by atoms with van der Waals surface area (Å²) < 4.78 is 40.7. The van der Waals surface area contributed by atoms with Gasteiger partial charge < -0.3 is 25.1 Å². The first-order chi connectivity index (χ1) is 15.7. The van der Waals surface area contributed by atoms with Crippen LogP contribution in [0.1, 0.15) is 34.6 Å². The van der Waals surface area contributed by atoms with E-state index in [1.165, 1.54) is 11.1 Å². The van der Waals surface area contributed by atoms with Crippen molar-refractivity contribution in [2.24, 2.45) is 0 Å². The number of piperazine rings is 1. The number of hydrogen-bond donors (Lipinski definition) is 2. The molecule has 0 aromatic carbocycles. The molecule has 2 aliphatic heterocycles. The van der Waals surface area contributed by atoms with Gasteiger partial charge in [-0.1, -0.05) is 11.3 Å². The molecule has 2 aliphatic rings. The molecular formula is C20H23F3N6O3S. The molecule has 2 amide bonds. The largest absolute Gasteiger partial charge is 0.465 e. The molecule has 0 spiro atoms. The Hall–Kier alpha value is -3.09. The Kier molecular flexibility index (Phi) is 6.58. The maximum absolute atomic E-state index is 13.6. The third-order valence-corrected chi connectivity index (χ3v) is 6.71. The summed E-state index contributed by atoms with van der Waals surface area (Å²) in [6.07, 6.45) is -1.55. The highest BCUT2D eigenvalue weighted by atomic mass is 32.1. The van der Waals surface area contributed by atoms with Crippen LogP contribution in [-0.2, 0) is 6.18 Å². The topological polar surface area (TPSA) is 102 Å². The molecule has 0 bridgehead atoms. The minimum atomic E-state index is -4.74. The molecule has 2 aromatic rings. The van der Waals surface area contributed by atoms with Gasteiger partial charge in [0, 0.05) is 39.3 Å². The standard InChI is InChI=1S/C20H23F3N6O3S/c21-20(22,23)16-15(33-18(26-16)28-6-2-1-3-7-28)17(30)25-13-4-5-14(24-12-13)27-8-10-29(11-9-27)19(31)32/h4-5,12H,1-3,6-11H2,(H,25,30)(H,31,32). The first-order valence-electron chi connectivity index (χ1n) is 10.6. The quantitative estimate of drug-likeness (QED) is 0.684. The van der Waals surface area contributed by atoms with E-state index in [2.05, 4.69) is 15.3 Å². The number of nitrogens with zero attached hydrogens (tertiary/aromatic N) is 5. The minimum absolute atomic E-state index is 0.209. The smallest absolute Gasteiger partial charge is 0.435 e. The summed E-state index contributed by atoms with van der Waals surface area (Å²) in [6, 6.07) is 3.20. The zero-order valence-electron chi connectivity index (χ0n) is 17.6. The number of thiazole rings is 1. The van der Waals surface area contributed by atoms with Crippen LogP contribution in [-0.4, -0.2) is 71.2 Å². The normalized spacial score (nSPS) is 17.2. The second-order valence-electron chi connectivity index (χ2n) is 7.84. The molecule has 0 radical (unpaired) electrons. The molecule has 2 N–H and O–H groups in total. The van der Waals surface area contributed by atoms with Crippen LogP contribution in [0.5, 0.6) is 0 Å². The van der Waals surface area contributed by atoms with Gasteiger partial charge in [0.25, 0.3) is 5.91 Å². The van der Waals surface area contributed by atoms with Crippen LogP contribution in [0.25, 0.3) is 0 Å². The van der Waals surface area contributed by atoms with E-state index in [0.717, 1.165) is 30.6 Å². The van der Waals surface area contributed by atoms with Gasteiger partial charge >= 0.3 is 12.3 Å². The fourth-order valence-corrected chi connectivity index (χ4v) is 4.87. The van der Waals surface area contributed by atoms with E-state index in [1.54, 1.807) is 17.0 Å². The number of carbonyl (C=O) groups excluding carboxylic acids is 1. The van der Waals surface area contributed by atoms with Crippen LogP contribution < -0.4 is 15.1 Å². The number of nitrogens with one attached hydrogen (secondary N) is 1. The molecule has 178 valence electrons. The summed E-state index contributed by atoms with van der Waals surface area (Å²) in [7, 11) is 0. The highest BCUT2D eigenvalue weighted by molar-refractivity contribution is 7.17. The summed E-state index contributed by atoms with van der Waals surface area (Å²) in [5, 5.41) is 11.7. The third kappa shape index (κ3) is 5.29. The van der Waals surface area contributed by atoms with Gasteiger partial charge in [-0.05, 0) is 31.4 Å². The van der Waals surface area contributed by atoms with Crippen LogP contribution in [0.15, 0.2) is 18.3 Å². The van der Waals surface area contributed by atoms with Crippen molar-refractivity contribution in [1.82, 2.24) is 14.9 Å². The number of rotatable bonds is 4. The van der Waals surface area contributed by atoms with Crippen LogP contribution in [0.3, 0.4) is 0 Å². The number of halogens is 3. The fourth-order valence-electron chi connectivity index (χ4n) is 3.84. The van der Waals surface area contributed by atoms with Crippen molar-refractivity contribution in [3.05, 3.63) is 28.9 Å². The van der Waals surface area contributed by atoms with Gasteiger partial charge in [0.2, 0.25) is 0 Å². The first kappa shape index (κ1) is 23.1. The Morgan fingerprint density at radius 1 is 1.00 bits per heavy atom. The number of carboxylic acid groups (broad SMARTS) is 1. The molecule has 0 unspecified atom stereocenters. The molecule has 2 aromatic heterocycles. The van der Waals surface area contributed by atoms with Crippen LogP contribution >= 0.6 is 11.3 Å². The zero-order chi connectivity index (χ0) is 23.6. The Morgan fingerprint density at radius 3 is 2.27 bits per heavy atom. The number of carbonyl (C=O) groups is 2. The van der Waals surface area contributed by atoms with Crippen molar-refractivity contribution >= 4 is 40.0 Å². The summed E-state index contributed by atoms with van der Waals surface area (Å²) in [4.78, 5) is 36.3. The minimum Gasteiger partial charge on any atom is -0.465 e. The van der Waals surface area contributed by atoms with Gasteiger partial charge in [-0.25, -0.2) is 14.8 Å². The lowest BCUT2D eigenvalue weighted by Gasteiger charge is -2.33. The molecule has 33 heavy (non-hydrogen) atoms. The van der Waals surface area contributed by atoms with Crippen molar-refractivity contribution in [3.8, 4) is 0 Å². The van der Waals surface area contributed by atoms with Crippen molar-refractivity contribution < 1.29 is 27.9 Å². The molecule has 9 nitrogen and oxygen atoms in total. The summed E-state index contributed by atoms with van der Waals surface area (Å²) in [6.45, 7) is 2.89. The van der Waals surface area contributed by atoms with Crippen LogP contribution in [0.4, 0.5) is 34.6 Å². The van der Waals surface area contributed by atoms with Gasteiger partial charge in [-0.15, -0.1) is 0 Å². The summed E-state index contributed by atoms with van der Waals surface area (Å²) >= 11 is 0.750. The Bertz CT molecular complexity index is 999. The lowest BCUT2D eigenvalue weighted by molar-refractivity contribution is -0.141. The SMILES string of the molecule is O=C(Nc1ccc(N2CCN(C(=O)O)CC2)nc1)c1sc(N2CCCCC2)nc1C(F)(F)F. The van der Waals surface area contributed by atoms with E-state index in [1.807, 2.05) is 4.90 Å². The van der Waals surface area contributed by atoms with E-state index < -0.39 is 28.7 Å². The van der Waals surface area contributed by atoms with Gasteiger partial charge in [-0.2, -0.15) is 13.2 Å². The molecule has 13 heteroatoms. The maximum atomic E-state index is 13.6. The fraction of sp³-hybridized carbons (Fsp3) is 0.500. The van der Waals surface area contributed by atoms with Gasteiger partial charge in [0.1, 0.15) is 10.7 Å². The molecule has 0 atom stereocenters. The zero-order valence-corrected chi connectivity index (χ0v) is 18.5. The monoisotopic (exact) mass is 484 g/mol. The first-order valence-corrected chi connectivity index (χ1v) is 11.4. The third-order valence-electron chi connectivity index (χ3n) is 5.60.